The number of pyridine rings is 1. The third kappa shape index (κ3) is 5.50. The van der Waals surface area contributed by atoms with Crippen molar-refractivity contribution in [1.29, 1.82) is 0 Å². The van der Waals surface area contributed by atoms with Gasteiger partial charge in [-0.25, -0.2) is 9.78 Å². The molecule has 0 saturated carbocycles. The normalized spacial score (nSPS) is 13.5. The lowest BCUT2D eigenvalue weighted by Crippen LogP contribution is -2.28. The topological polar surface area (TPSA) is 66.5 Å². The van der Waals surface area contributed by atoms with Crippen molar-refractivity contribution in [1.82, 2.24) is 10.3 Å². The Morgan fingerprint density at radius 2 is 2.07 bits per heavy atom. The first-order chi connectivity index (χ1) is 13.2. The van der Waals surface area contributed by atoms with Gasteiger partial charge in [-0.1, -0.05) is 18.5 Å². The van der Waals surface area contributed by atoms with Crippen LogP contribution in [0.1, 0.15) is 31.7 Å². The molecular weight excluding hydrogens is 364 g/mol. The molecule has 27 heavy (non-hydrogen) atoms. The highest BCUT2D eigenvalue weighted by atomic mass is 35.5. The number of carbonyl (C=O) groups is 1. The summed E-state index contributed by atoms with van der Waals surface area (Å²) in [6, 6.07) is 8.82. The van der Waals surface area contributed by atoms with E-state index in [0.717, 1.165) is 30.9 Å². The number of hydrogen-bond acceptors (Lipinski definition) is 4. The second kappa shape index (κ2) is 9.46. The number of benzene rings is 1. The molecule has 1 fully saturated rings. The van der Waals surface area contributed by atoms with Gasteiger partial charge >= 0.3 is 6.03 Å². The first-order valence-electron chi connectivity index (χ1n) is 9.33. The van der Waals surface area contributed by atoms with Gasteiger partial charge in [0, 0.05) is 30.9 Å². The molecule has 6 nitrogen and oxygen atoms in total. The molecule has 2 amide bonds. The third-order valence-corrected chi connectivity index (χ3v) is 4.58. The molecule has 2 N–H and O–H groups in total. The van der Waals surface area contributed by atoms with E-state index in [1.807, 2.05) is 19.1 Å². The molecule has 2 heterocycles. The zero-order valence-electron chi connectivity index (χ0n) is 15.5. The van der Waals surface area contributed by atoms with Crippen LogP contribution in [0.3, 0.4) is 0 Å². The van der Waals surface area contributed by atoms with Crippen molar-refractivity contribution < 1.29 is 9.53 Å². The Hall–Kier alpha value is -2.47. The minimum atomic E-state index is -0.307. The maximum atomic E-state index is 12.3. The summed E-state index contributed by atoms with van der Waals surface area (Å²) in [5, 5.41) is 6.23. The molecule has 0 spiro atoms. The van der Waals surface area contributed by atoms with Gasteiger partial charge in [0.15, 0.2) is 0 Å². The van der Waals surface area contributed by atoms with Crippen LogP contribution >= 0.6 is 11.6 Å². The molecule has 1 aliphatic heterocycles. The predicted molar refractivity (Wildman–Crippen MR) is 109 cm³/mol. The monoisotopic (exact) mass is 388 g/mol. The van der Waals surface area contributed by atoms with Crippen molar-refractivity contribution in [2.75, 3.05) is 29.9 Å². The molecule has 0 unspecified atom stereocenters. The Labute approximate surface area is 164 Å². The number of carbonyl (C=O) groups excluding carboxylic acids is 1. The Morgan fingerprint density at radius 3 is 2.85 bits per heavy atom. The van der Waals surface area contributed by atoms with Gasteiger partial charge in [-0.15, -0.1) is 0 Å². The van der Waals surface area contributed by atoms with Crippen molar-refractivity contribution >= 4 is 29.1 Å². The highest BCUT2D eigenvalue weighted by Crippen LogP contribution is 2.28. The van der Waals surface area contributed by atoms with Gasteiger partial charge in [0.1, 0.15) is 11.6 Å². The van der Waals surface area contributed by atoms with Gasteiger partial charge in [-0.3, -0.25) is 0 Å². The van der Waals surface area contributed by atoms with Crippen molar-refractivity contribution in [3.63, 3.8) is 0 Å². The molecule has 0 radical (unpaired) electrons. The van der Waals surface area contributed by atoms with Crippen LogP contribution in [-0.4, -0.2) is 30.7 Å². The van der Waals surface area contributed by atoms with Gasteiger partial charge < -0.3 is 20.3 Å². The number of ether oxygens (including phenoxy) is 1. The van der Waals surface area contributed by atoms with Gasteiger partial charge in [0.25, 0.3) is 0 Å². The van der Waals surface area contributed by atoms with Crippen molar-refractivity contribution in [2.24, 2.45) is 0 Å². The van der Waals surface area contributed by atoms with Crippen LogP contribution in [0.4, 0.5) is 16.3 Å². The third-order valence-electron chi connectivity index (χ3n) is 4.34. The van der Waals surface area contributed by atoms with E-state index in [0.29, 0.717) is 29.6 Å². The number of anilines is 2. The minimum absolute atomic E-state index is 0.307. The Balaban J connectivity index is 1.58. The number of aromatic nitrogens is 1. The van der Waals surface area contributed by atoms with Crippen molar-refractivity contribution in [2.45, 2.75) is 32.7 Å². The van der Waals surface area contributed by atoms with E-state index in [-0.39, 0.29) is 6.03 Å². The molecule has 144 valence electrons. The molecule has 1 aromatic heterocycles. The summed E-state index contributed by atoms with van der Waals surface area (Å²) < 4.78 is 5.66. The lowest BCUT2D eigenvalue weighted by Gasteiger charge is -2.17. The van der Waals surface area contributed by atoms with E-state index in [2.05, 4.69) is 20.5 Å². The van der Waals surface area contributed by atoms with E-state index in [1.54, 1.807) is 24.4 Å². The minimum Gasteiger partial charge on any atom is -0.491 e. The van der Waals surface area contributed by atoms with E-state index < -0.39 is 0 Å². The Morgan fingerprint density at radius 1 is 1.26 bits per heavy atom. The highest BCUT2D eigenvalue weighted by Gasteiger charge is 2.14. The standard InChI is InChI=1S/C20H25ClN4O2/c1-2-11-27-18-6-5-16(21)13-17(18)24-20(26)23-14-15-7-8-22-19(12-15)25-9-3-4-10-25/h5-8,12-13H,2-4,9-11,14H2,1H3,(H2,23,24,26). The molecule has 2 aromatic rings. The second-order valence-corrected chi connectivity index (χ2v) is 6.95. The first-order valence-corrected chi connectivity index (χ1v) is 9.70. The molecule has 3 rings (SSSR count). The predicted octanol–water partition coefficient (Wildman–Crippen LogP) is 4.45. The summed E-state index contributed by atoms with van der Waals surface area (Å²) in [7, 11) is 0. The molecule has 1 saturated heterocycles. The van der Waals surface area contributed by atoms with Crippen molar-refractivity contribution in [3.8, 4) is 5.75 Å². The lowest BCUT2D eigenvalue weighted by molar-refractivity contribution is 0.251. The van der Waals surface area contributed by atoms with Gasteiger partial charge in [0.05, 0.1) is 12.3 Å². The quantitative estimate of drug-likeness (QED) is 0.735. The van der Waals surface area contributed by atoms with E-state index in [9.17, 15) is 4.79 Å². The van der Waals surface area contributed by atoms with E-state index in [1.165, 1.54) is 12.8 Å². The number of urea groups is 1. The molecule has 7 heteroatoms. The SMILES string of the molecule is CCCOc1ccc(Cl)cc1NC(=O)NCc1ccnc(N2CCCC2)c1. The number of halogens is 1. The average molecular weight is 389 g/mol. The fourth-order valence-electron chi connectivity index (χ4n) is 2.98. The van der Waals surface area contributed by atoms with Gasteiger partial charge in [0.2, 0.25) is 0 Å². The van der Waals surface area contributed by atoms with Crippen LogP contribution in [0.15, 0.2) is 36.5 Å². The number of nitrogens with one attached hydrogen (secondary N) is 2. The molecule has 0 aliphatic carbocycles. The fraction of sp³-hybridized carbons (Fsp3) is 0.400. The van der Waals surface area contributed by atoms with Crippen LogP contribution in [0, 0.1) is 0 Å². The zero-order valence-corrected chi connectivity index (χ0v) is 16.3. The van der Waals surface area contributed by atoms with Crippen LogP contribution in [-0.2, 0) is 6.54 Å². The number of nitrogens with zero attached hydrogens (tertiary/aromatic N) is 2. The second-order valence-electron chi connectivity index (χ2n) is 6.51. The number of amides is 2. The summed E-state index contributed by atoms with van der Waals surface area (Å²) in [5.74, 6) is 1.58. The first kappa shape index (κ1) is 19.3. The lowest BCUT2D eigenvalue weighted by atomic mass is 10.2. The molecule has 1 aliphatic rings. The van der Waals surface area contributed by atoms with E-state index in [4.69, 9.17) is 16.3 Å². The fourth-order valence-corrected chi connectivity index (χ4v) is 3.15. The van der Waals surface area contributed by atoms with Crippen molar-refractivity contribution in [3.05, 3.63) is 47.1 Å². The summed E-state index contributed by atoms with van der Waals surface area (Å²) >= 11 is 6.05. The Bertz CT molecular complexity index is 778. The largest absolute Gasteiger partial charge is 0.491 e. The number of hydrogen-bond donors (Lipinski definition) is 2. The smallest absolute Gasteiger partial charge is 0.319 e. The zero-order chi connectivity index (χ0) is 19.1. The molecule has 0 bridgehead atoms. The van der Waals surface area contributed by atoms with Gasteiger partial charge in [-0.2, -0.15) is 0 Å². The summed E-state index contributed by atoms with van der Waals surface area (Å²) in [5.41, 5.74) is 1.57. The summed E-state index contributed by atoms with van der Waals surface area (Å²) in [6.07, 6.45) is 5.08. The van der Waals surface area contributed by atoms with Crippen LogP contribution in [0.5, 0.6) is 5.75 Å². The molecule has 1 aromatic carbocycles. The molecular formula is C20H25ClN4O2. The van der Waals surface area contributed by atoms with Crippen LogP contribution in [0.2, 0.25) is 5.02 Å². The van der Waals surface area contributed by atoms with Crippen LogP contribution in [0.25, 0.3) is 0 Å². The highest BCUT2D eigenvalue weighted by molar-refractivity contribution is 6.31. The number of rotatable bonds is 7. The maximum Gasteiger partial charge on any atom is 0.319 e. The maximum absolute atomic E-state index is 12.3. The Kier molecular flexibility index (Phi) is 6.76. The summed E-state index contributed by atoms with van der Waals surface area (Å²) in [4.78, 5) is 19.0. The average Bonchev–Trinajstić information content (AvgIpc) is 3.21. The summed E-state index contributed by atoms with van der Waals surface area (Å²) in [6.45, 7) is 5.11. The van der Waals surface area contributed by atoms with E-state index >= 15 is 0 Å². The van der Waals surface area contributed by atoms with Crippen LogP contribution < -0.4 is 20.3 Å². The molecule has 0 atom stereocenters. The van der Waals surface area contributed by atoms with Gasteiger partial charge in [-0.05, 0) is 55.2 Å².